The van der Waals surface area contributed by atoms with Crippen molar-refractivity contribution in [3.63, 3.8) is 0 Å². The van der Waals surface area contributed by atoms with Gasteiger partial charge < -0.3 is 15.0 Å². The molecule has 0 aliphatic carbocycles. The van der Waals surface area contributed by atoms with Gasteiger partial charge in [-0.3, -0.25) is 9.10 Å². The van der Waals surface area contributed by atoms with E-state index in [9.17, 15) is 13.2 Å². The molecule has 1 aliphatic heterocycles. The minimum Gasteiger partial charge on any atom is -0.481 e. The second-order valence-corrected chi connectivity index (χ2v) is 9.93. The molecule has 0 saturated carbocycles. The molecule has 0 bridgehead atoms. The van der Waals surface area contributed by atoms with E-state index >= 15 is 0 Å². The van der Waals surface area contributed by atoms with Gasteiger partial charge in [0.2, 0.25) is 10.0 Å². The summed E-state index contributed by atoms with van der Waals surface area (Å²) in [5.41, 5.74) is 2.80. The fraction of sp³-hybridized carbons (Fsp3) is 0.435. The number of hydrogen-bond donors (Lipinski definition) is 1. The lowest BCUT2D eigenvalue weighted by atomic mass is 10.1. The molecule has 1 heterocycles. The Kier molecular flexibility index (Phi) is 7.43. The van der Waals surface area contributed by atoms with Crippen LogP contribution in [0.4, 0.5) is 11.4 Å². The highest BCUT2D eigenvalue weighted by molar-refractivity contribution is 7.92. The van der Waals surface area contributed by atoms with Gasteiger partial charge in [0.1, 0.15) is 5.75 Å². The Morgan fingerprint density at radius 1 is 1.06 bits per heavy atom. The first-order valence-corrected chi connectivity index (χ1v) is 12.4. The number of hydrogen-bond acceptors (Lipinski definition) is 5. The lowest BCUT2D eigenvalue weighted by Crippen LogP contribution is -2.36. The predicted molar refractivity (Wildman–Crippen MR) is 124 cm³/mol. The van der Waals surface area contributed by atoms with Crippen LogP contribution in [0.25, 0.3) is 0 Å². The average Bonchev–Trinajstić information content (AvgIpc) is 2.77. The normalized spacial score (nSPS) is 15.3. The second-order valence-electron chi connectivity index (χ2n) is 7.92. The van der Waals surface area contributed by atoms with Crippen molar-refractivity contribution in [2.75, 3.05) is 35.6 Å². The Labute approximate surface area is 185 Å². The Bertz CT molecular complexity index is 969. The lowest BCUT2D eigenvalue weighted by molar-refractivity contribution is -0.127. The molecule has 2 aromatic carbocycles. The maximum Gasteiger partial charge on any atom is 0.261 e. The third-order valence-electron chi connectivity index (χ3n) is 5.50. The Hall–Kier alpha value is -2.74. The van der Waals surface area contributed by atoms with Crippen molar-refractivity contribution in [1.82, 2.24) is 5.32 Å². The van der Waals surface area contributed by atoms with E-state index in [-0.39, 0.29) is 5.91 Å². The van der Waals surface area contributed by atoms with E-state index in [1.165, 1.54) is 36.3 Å². The van der Waals surface area contributed by atoms with Gasteiger partial charge in [0, 0.05) is 32.4 Å². The first-order valence-electron chi connectivity index (χ1n) is 10.6. The quantitative estimate of drug-likeness (QED) is 0.675. The largest absolute Gasteiger partial charge is 0.481 e. The van der Waals surface area contributed by atoms with Crippen molar-refractivity contribution in [3.8, 4) is 5.75 Å². The molecule has 3 rings (SSSR count). The molecule has 1 aliphatic rings. The number of carbonyl (C=O) groups excluding carboxylic acids is 1. The number of ether oxygens (including phenoxy) is 1. The minimum atomic E-state index is -3.32. The number of sulfonamides is 1. The van der Waals surface area contributed by atoms with Crippen molar-refractivity contribution in [3.05, 3.63) is 54.1 Å². The monoisotopic (exact) mass is 445 g/mol. The number of piperidine rings is 1. The highest BCUT2D eigenvalue weighted by Gasteiger charge is 2.16. The standard InChI is InChI=1S/C23H31N3O4S/c1-18(30-22-13-11-20(12-14-22)25(2)31(3,28)29)23(27)24-17-19-7-9-21(10-8-19)26-15-5-4-6-16-26/h7-14,18H,4-6,15-17H2,1-3H3,(H,24,27). The van der Waals surface area contributed by atoms with Crippen LogP contribution in [0.2, 0.25) is 0 Å². The van der Waals surface area contributed by atoms with Crippen LogP contribution in [0.5, 0.6) is 5.75 Å². The number of carbonyl (C=O) groups is 1. The second kappa shape index (κ2) is 10.0. The van der Waals surface area contributed by atoms with E-state index in [0.29, 0.717) is 18.0 Å². The summed E-state index contributed by atoms with van der Waals surface area (Å²) in [6, 6.07) is 14.9. The zero-order valence-electron chi connectivity index (χ0n) is 18.4. The number of amides is 1. The smallest absolute Gasteiger partial charge is 0.261 e. The predicted octanol–water partition coefficient (Wildman–Crippen LogP) is 3.16. The molecule has 168 valence electrons. The molecule has 1 saturated heterocycles. The van der Waals surface area contributed by atoms with Crippen LogP contribution in [-0.2, 0) is 21.4 Å². The first-order chi connectivity index (χ1) is 14.7. The number of rotatable bonds is 8. The van der Waals surface area contributed by atoms with Crippen LogP contribution >= 0.6 is 0 Å². The van der Waals surface area contributed by atoms with Crippen LogP contribution in [0.3, 0.4) is 0 Å². The van der Waals surface area contributed by atoms with E-state index in [0.717, 1.165) is 24.9 Å². The molecule has 0 radical (unpaired) electrons. The van der Waals surface area contributed by atoms with Gasteiger partial charge in [0.05, 0.1) is 11.9 Å². The summed E-state index contributed by atoms with van der Waals surface area (Å²) in [4.78, 5) is 14.8. The Morgan fingerprint density at radius 3 is 2.26 bits per heavy atom. The van der Waals surface area contributed by atoms with Gasteiger partial charge in [-0.05, 0) is 68.1 Å². The topological polar surface area (TPSA) is 78.9 Å². The molecular weight excluding hydrogens is 414 g/mol. The van der Waals surface area contributed by atoms with Gasteiger partial charge in [0.25, 0.3) is 5.91 Å². The molecule has 2 aromatic rings. The average molecular weight is 446 g/mol. The van der Waals surface area contributed by atoms with E-state index in [1.807, 2.05) is 12.1 Å². The molecule has 0 aromatic heterocycles. The van der Waals surface area contributed by atoms with Crippen molar-refractivity contribution in [1.29, 1.82) is 0 Å². The van der Waals surface area contributed by atoms with Crippen LogP contribution in [-0.4, -0.2) is 46.8 Å². The van der Waals surface area contributed by atoms with Gasteiger partial charge in [-0.2, -0.15) is 0 Å². The van der Waals surface area contributed by atoms with E-state index in [2.05, 4.69) is 22.3 Å². The number of anilines is 2. The molecule has 1 unspecified atom stereocenters. The minimum absolute atomic E-state index is 0.211. The summed E-state index contributed by atoms with van der Waals surface area (Å²) in [6.45, 7) is 4.34. The van der Waals surface area contributed by atoms with Crippen LogP contribution in [0, 0.1) is 0 Å². The Morgan fingerprint density at radius 2 is 1.68 bits per heavy atom. The highest BCUT2D eigenvalue weighted by Crippen LogP contribution is 2.22. The van der Waals surface area contributed by atoms with Gasteiger partial charge in [-0.1, -0.05) is 12.1 Å². The molecule has 7 nitrogen and oxygen atoms in total. The van der Waals surface area contributed by atoms with Crippen molar-refractivity contribution in [2.24, 2.45) is 0 Å². The van der Waals surface area contributed by atoms with Crippen LogP contribution in [0.1, 0.15) is 31.7 Å². The maximum atomic E-state index is 12.4. The fourth-order valence-corrected chi connectivity index (χ4v) is 4.00. The molecule has 1 fully saturated rings. The number of benzene rings is 2. The molecule has 1 amide bonds. The zero-order chi connectivity index (χ0) is 22.4. The first kappa shape index (κ1) is 22.9. The van der Waals surface area contributed by atoms with E-state index in [4.69, 9.17) is 4.74 Å². The molecule has 8 heteroatoms. The van der Waals surface area contributed by atoms with Crippen molar-refractivity contribution in [2.45, 2.75) is 38.8 Å². The van der Waals surface area contributed by atoms with E-state index in [1.54, 1.807) is 31.2 Å². The van der Waals surface area contributed by atoms with Crippen LogP contribution < -0.4 is 19.3 Å². The molecule has 1 N–H and O–H groups in total. The third-order valence-corrected chi connectivity index (χ3v) is 6.71. The summed E-state index contributed by atoms with van der Waals surface area (Å²) in [7, 11) is -1.84. The summed E-state index contributed by atoms with van der Waals surface area (Å²) in [6.07, 6.45) is 4.26. The molecule has 0 spiro atoms. The summed E-state index contributed by atoms with van der Waals surface area (Å²) in [5, 5.41) is 2.90. The van der Waals surface area contributed by atoms with Crippen molar-refractivity contribution < 1.29 is 17.9 Å². The number of nitrogens with one attached hydrogen (secondary N) is 1. The Balaban J connectivity index is 1.49. The zero-order valence-corrected chi connectivity index (χ0v) is 19.2. The maximum absolute atomic E-state index is 12.4. The van der Waals surface area contributed by atoms with Crippen molar-refractivity contribution >= 4 is 27.3 Å². The molecular formula is C23H31N3O4S. The van der Waals surface area contributed by atoms with Gasteiger partial charge in [0.15, 0.2) is 6.10 Å². The highest BCUT2D eigenvalue weighted by atomic mass is 32.2. The molecule has 31 heavy (non-hydrogen) atoms. The van der Waals surface area contributed by atoms with Gasteiger partial charge in [-0.25, -0.2) is 8.42 Å². The third kappa shape index (κ3) is 6.37. The summed E-state index contributed by atoms with van der Waals surface area (Å²) in [5.74, 6) is 0.289. The van der Waals surface area contributed by atoms with E-state index < -0.39 is 16.1 Å². The van der Waals surface area contributed by atoms with Gasteiger partial charge >= 0.3 is 0 Å². The fourth-order valence-electron chi connectivity index (χ4n) is 3.49. The lowest BCUT2D eigenvalue weighted by Gasteiger charge is -2.28. The summed E-state index contributed by atoms with van der Waals surface area (Å²) < 4.78 is 30.1. The SMILES string of the molecule is CC(Oc1ccc(N(C)S(C)(=O)=O)cc1)C(=O)NCc1ccc(N2CCCCC2)cc1. The van der Waals surface area contributed by atoms with Gasteiger partial charge in [-0.15, -0.1) is 0 Å². The number of nitrogens with zero attached hydrogens (tertiary/aromatic N) is 2. The molecule has 1 atom stereocenters. The van der Waals surface area contributed by atoms with Crippen LogP contribution in [0.15, 0.2) is 48.5 Å². The summed E-state index contributed by atoms with van der Waals surface area (Å²) >= 11 is 0.